The van der Waals surface area contributed by atoms with Gasteiger partial charge in [-0.2, -0.15) is 14.6 Å². The molecule has 0 aliphatic heterocycles. The highest BCUT2D eigenvalue weighted by Gasteiger charge is 2.18. The molecule has 0 spiro atoms. The molecule has 2 heterocycles. The Hall–Kier alpha value is -3.11. The van der Waals surface area contributed by atoms with Gasteiger partial charge in [-0.15, -0.1) is 10.2 Å². The number of nitrogens with one attached hydrogen (secondary N) is 1. The van der Waals surface area contributed by atoms with Gasteiger partial charge in [0.2, 0.25) is 11.6 Å². The van der Waals surface area contributed by atoms with Gasteiger partial charge in [0.05, 0.1) is 15.7 Å². The number of benzene rings is 1. The second-order valence-corrected chi connectivity index (χ2v) is 8.46. The van der Waals surface area contributed by atoms with E-state index >= 15 is 0 Å². The largest absolute Gasteiger partial charge is 0.434 e. The van der Waals surface area contributed by atoms with Gasteiger partial charge in [0, 0.05) is 11.6 Å². The van der Waals surface area contributed by atoms with Crippen molar-refractivity contribution in [1.82, 2.24) is 24.5 Å². The molecule has 0 atom stereocenters. The summed E-state index contributed by atoms with van der Waals surface area (Å²) in [5, 5.41) is 16.5. The van der Waals surface area contributed by atoms with E-state index in [1.54, 1.807) is 19.9 Å². The summed E-state index contributed by atoms with van der Waals surface area (Å²) in [6, 6.07) is 5.45. The Bertz CT molecular complexity index is 1440. The highest BCUT2D eigenvalue weighted by Crippen LogP contribution is 2.37. The van der Waals surface area contributed by atoms with Crippen LogP contribution in [-0.4, -0.2) is 34.3 Å². The number of aromatic nitrogens is 5. The van der Waals surface area contributed by atoms with Crippen LogP contribution in [0.15, 0.2) is 32.6 Å². The lowest BCUT2D eigenvalue weighted by molar-refractivity contribution is 0.178. The van der Waals surface area contributed by atoms with Gasteiger partial charge in [0.25, 0.3) is 11.1 Å². The molecule has 3 rings (SSSR count). The number of nitrogens with zero attached hydrogens (tertiary/aromatic N) is 5. The minimum Gasteiger partial charge on any atom is -0.434 e. The predicted molar refractivity (Wildman–Crippen MR) is 120 cm³/mol. The lowest BCUT2D eigenvalue weighted by Gasteiger charge is -2.15. The first kappa shape index (κ1) is 25.5. The normalized spacial score (nSPS) is 11.1. The zero-order valence-electron chi connectivity index (χ0n) is 17.4. The third-order valence-corrected chi connectivity index (χ3v) is 5.17. The Balaban J connectivity index is 2.05. The molecule has 34 heavy (non-hydrogen) atoms. The fourth-order valence-corrected chi connectivity index (χ4v) is 3.48. The summed E-state index contributed by atoms with van der Waals surface area (Å²) in [7, 11) is -2.72. The standard InChI is InChI=1S/C18H15Cl2N6O7P/c1-8(2)10-5-14(24-25(17(10)28)7-32-34(30)31)33-15-11(19)3-9(4-12(15)20)26-18(29)22-16(27)13(6-21)23-26/h3-5,8,30-31H,7H2,1-2H3,(H,22,27,29). The topological polar surface area (TPSA) is 185 Å². The summed E-state index contributed by atoms with van der Waals surface area (Å²) in [5.74, 6) is -0.422. The monoisotopic (exact) mass is 528 g/mol. The number of ether oxygens (including phenoxy) is 1. The summed E-state index contributed by atoms with van der Waals surface area (Å²) in [4.78, 5) is 56.1. The van der Waals surface area contributed by atoms with Crippen molar-refractivity contribution in [2.45, 2.75) is 26.5 Å². The van der Waals surface area contributed by atoms with E-state index in [0.29, 0.717) is 5.56 Å². The second-order valence-electron chi connectivity index (χ2n) is 6.88. The average molecular weight is 529 g/mol. The van der Waals surface area contributed by atoms with Gasteiger partial charge in [-0.05, 0) is 18.1 Å². The Labute approximate surface area is 201 Å². The molecular formula is C18H15Cl2N6O7P. The fraction of sp³-hybridized carbons (Fsp3) is 0.222. The molecule has 178 valence electrons. The van der Waals surface area contributed by atoms with E-state index in [4.69, 9.17) is 43.0 Å². The van der Waals surface area contributed by atoms with Crippen LogP contribution in [0.2, 0.25) is 10.0 Å². The lowest BCUT2D eigenvalue weighted by atomic mass is 10.1. The number of aromatic amines is 1. The van der Waals surface area contributed by atoms with Crippen LogP contribution in [0, 0.1) is 11.3 Å². The maximum absolute atomic E-state index is 12.5. The number of hydrogen-bond donors (Lipinski definition) is 3. The summed E-state index contributed by atoms with van der Waals surface area (Å²) >= 11 is 12.6. The molecule has 0 aliphatic rings. The molecule has 2 aromatic heterocycles. The molecule has 16 heteroatoms. The summed E-state index contributed by atoms with van der Waals surface area (Å²) in [5.41, 5.74) is -2.60. The van der Waals surface area contributed by atoms with Gasteiger partial charge in [-0.1, -0.05) is 37.0 Å². The van der Waals surface area contributed by atoms with Gasteiger partial charge in [0.1, 0.15) is 6.07 Å². The molecule has 3 aromatic rings. The number of rotatable bonds is 7. The van der Waals surface area contributed by atoms with Crippen LogP contribution in [0.25, 0.3) is 5.69 Å². The third kappa shape index (κ3) is 5.51. The first-order chi connectivity index (χ1) is 16.0. The summed E-state index contributed by atoms with van der Waals surface area (Å²) in [6.07, 6.45) is 0. The van der Waals surface area contributed by atoms with E-state index in [-0.39, 0.29) is 33.3 Å². The van der Waals surface area contributed by atoms with Crippen LogP contribution in [0.3, 0.4) is 0 Å². The smallest absolute Gasteiger partial charge is 0.349 e. The Morgan fingerprint density at radius 3 is 2.38 bits per heavy atom. The van der Waals surface area contributed by atoms with Crippen molar-refractivity contribution < 1.29 is 19.0 Å². The van der Waals surface area contributed by atoms with Crippen LogP contribution in [0.1, 0.15) is 31.0 Å². The number of hydrogen-bond acceptors (Lipinski definition) is 10. The molecule has 0 bridgehead atoms. The number of nitriles is 1. The van der Waals surface area contributed by atoms with Gasteiger partial charge in [-0.25, -0.2) is 4.79 Å². The zero-order chi connectivity index (χ0) is 25.2. The van der Waals surface area contributed by atoms with E-state index < -0.39 is 37.8 Å². The van der Waals surface area contributed by atoms with Crippen molar-refractivity contribution in [3.63, 3.8) is 0 Å². The lowest BCUT2D eigenvalue weighted by Crippen LogP contribution is -2.33. The molecule has 0 saturated heterocycles. The van der Waals surface area contributed by atoms with Crippen molar-refractivity contribution in [1.29, 1.82) is 5.26 Å². The minimum absolute atomic E-state index is 0.0357. The van der Waals surface area contributed by atoms with E-state index in [0.717, 1.165) is 9.36 Å². The van der Waals surface area contributed by atoms with E-state index in [1.807, 2.05) is 4.98 Å². The quantitative estimate of drug-likeness (QED) is 0.381. The number of halogens is 2. The van der Waals surface area contributed by atoms with Gasteiger partial charge >= 0.3 is 14.3 Å². The van der Waals surface area contributed by atoms with Crippen molar-refractivity contribution in [2.75, 3.05) is 0 Å². The molecule has 13 nitrogen and oxygen atoms in total. The fourth-order valence-electron chi connectivity index (χ4n) is 2.71. The summed E-state index contributed by atoms with van der Waals surface area (Å²) < 4.78 is 11.9. The Kier molecular flexibility index (Phi) is 7.83. The highest BCUT2D eigenvalue weighted by molar-refractivity contribution is 7.39. The predicted octanol–water partition coefficient (Wildman–Crippen LogP) is 1.76. The van der Waals surface area contributed by atoms with Crippen LogP contribution >= 0.6 is 31.8 Å². The van der Waals surface area contributed by atoms with Crippen LogP contribution in [-0.2, 0) is 11.3 Å². The maximum atomic E-state index is 12.5. The van der Waals surface area contributed by atoms with Gasteiger partial charge in [0.15, 0.2) is 12.5 Å². The van der Waals surface area contributed by atoms with Gasteiger partial charge in [-0.3, -0.25) is 19.1 Å². The van der Waals surface area contributed by atoms with E-state index in [2.05, 4.69) is 14.7 Å². The molecule has 0 amide bonds. The molecule has 0 fully saturated rings. The molecular weight excluding hydrogens is 514 g/mol. The van der Waals surface area contributed by atoms with E-state index in [9.17, 15) is 14.4 Å². The van der Waals surface area contributed by atoms with Crippen molar-refractivity contribution in [3.05, 3.63) is 70.7 Å². The van der Waals surface area contributed by atoms with E-state index in [1.165, 1.54) is 18.2 Å². The molecule has 1 aromatic carbocycles. The highest BCUT2D eigenvalue weighted by atomic mass is 35.5. The second kappa shape index (κ2) is 10.4. The van der Waals surface area contributed by atoms with Gasteiger partial charge < -0.3 is 14.5 Å². The molecule has 3 N–H and O–H groups in total. The summed E-state index contributed by atoms with van der Waals surface area (Å²) in [6.45, 7) is 2.97. The first-order valence-corrected chi connectivity index (χ1v) is 11.2. The molecule has 0 radical (unpaired) electrons. The first-order valence-electron chi connectivity index (χ1n) is 9.25. The van der Waals surface area contributed by atoms with Crippen molar-refractivity contribution in [2.24, 2.45) is 0 Å². The van der Waals surface area contributed by atoms with Crippen LogP contribution < -0.4 is 21.5 Å². The average Bonchev–Trinajstić information content (AvgIpc) is 2.75. The molecule has 0 saturated carbocycles. The van der Waals surface area contributed by atoms with Crippen molar-refractivity contribution >= 4 is 31.8 Å². The Morgan fingerprint density at radius 1 is 1.18 bits per heavy atom. The Morgan fingerprint density at radius 2 is 1.82 bits per heavy atom. The van der Waals surface area contributed by atoms with Crippen LogP contribution in [0.4, 0.5) is 0 Å². The third-order valence-electron chi connectivity index (χ3n) is 4.27. The van der Waals surface area contributed by atoms with Crippen molar-refractivity contribution in [3.8, 4) is 23.4 Å². The minimum atomic E-state index is -2.72. The maximum Gasteiger partial charge on any atom is 0.349 e. The van der Waals surface area contributed by atoms with Crippen LogP contribution in [0.5, 0.6) is 11.6 Å². The molecule has 0 aliphatic carbocycles. The number of H-pyrrole nitrogens is 1. The SMILES string of the molecule is CC(C)c1cc(Oc2c(Cl)cc(-n3nc(C#N)c(=O)[nH]c3=O)cc2Cl)nn(COP(O)O)c1=O. The molecule has 0 unspecified atom stereocenters. The zero-order valence-corrected chi connectivity index (χ0v) is 19.8.